The van der Waals surface area contributed by atoms with Crippen LogP contribution in [0.4, 0.5) is 5.82 Å². The van der Waals surface area contributed by atoms with E-state index in [1.54, 1.807) is 12.1 Å². The average Bonchev–Trinajstić information content (AvgIpc) is 2.57. The standard InChI is InChI=1S/C17H20N4O/c18-17(22)15-6-4-14(5-7-15)13-20-9-11-21(12-10-20)16-3-1-2-8-19-16/h1-8H,9-13H2,(H2,18,22). The lowest BCUT2D eigenvalue weighted by Gasteiger charge is -2.35. The lowest BCUT2D eigenvalue weighted by molar-refractivity contribution is 0.100. The first-order chi connectivity index (χ1) is 10.7. The number of benzene rings is 1. The van der Waals surface area contributed by atoms with Crippen LogP contribution in [0.1, 0.15) is 15.9 Å². The van der Waals surface area contributed by atoms with Crippen molar-refractivity contribution in [3.63, 3.8) is 0 Å². The number of aromatic nitrogens is 1. The number of nitrogens with two attached hydrogens (primary N) is 1. The van der Waals surface area contributed by atoms with E-state index >= 15 is 0 Å². The monoisotopic (exact) mass is 296 g/mol. The first-order valence-corrected chi connectivity index (χ1v) is 7.49. The van der Waals surface area contributed by atoms with Crippen LogP contribution in [-0.2, 0) is 6.54 Å². The van der Waals surface area contributed by atoms with E-state index < -0.39 is 0 Å². The molecule has 2 aromatic rings. The van der Waals surface area contributed by atoms with Crippen molar-refractivity contribution >= 4 is 11.7 Å². The van der Waals surface area contributed by atoms with Crippen LogP contribution >= 0.6 is 0 Å². The molecule has 1 saturated heterocycles. The second kappa shape index (κ2) is 6.58. The van der Waals surface area contributed by atoms with Gasteiger partial charge in [-0.15, -0.1) is 0 Å². The maximum absolute atomic E-state index is 11.1. The van der Waals surface area contributed by atoms with Crippen LogP contribution in [-0.4, -0.2) is 42.0 Å². The number of carbonyl (C=O) groups excluding carboxylic acids is 1. The number of hydrogen-bond donors (Lipinski definition) is 1. The minimum atomic E-state index is -0.379. The fourth-order valence-corrected chi connectivity index (χ4v) is 2.71. The van der Waals surface area contributed by atoms with Gasteiger partial charge in [0, 0.05) is 44.5 Å². The van der Waals surface area contributed by atoms with Crippen molar-refractivity contribution in [1.29, 1.82) is 0 Å². The summed E-state index contributed by atoms with van der Waals surface area (Å²) < 4.78 is 0. The number of anilines is 1. The maximum atomic E-state index is 11.1. The summed E-state index contributed by atoms with van der Waals surface area (Å²) in [5, 5.41) is 0. The van der Waals surface area contributed by atoms with E-state index in [4.69, 9.17) is 5.73 Å². The van der Waals surface area contributed by atoms with E-state index in [0.29, 0.717) is 5.56 Å². The lowest BCUT2D eigenvalue weighted by atomic mass is 10.1. The number of hydrogen-bond acceptors (Lipinski definition) is 4. The fourth-order valence-electron chi connectivity index (χ4n) is 2.71. The van der Waals surface area contributed by atoms with Gasteiger partial charge in [0.1, 0.15) is 5.82 Å². The zero-order chi connectivity index (χ0) is 15.4. The number of carbonyl (C=O) groups is 1. The highest BCUT2D eigenvalue weighted by atomic mass is 16.1. The molecule has 0 saturated carbocycles. The van der Waals surface area contributed by atoms with E-state index in [2.05, 4.69) is 20.9 Å². The van der Waals surface area contributed by atoms with E-state index in [1.807, 2.05) is 30.5 Å². The molecule has 22 heavy (non-hydrogen) atoms. The van der Waals surface area contributed by atoms with Gasteiger partial charge in [-0.1, -0.05) is 18.2 Å². The van der Waals surface area contributed by atoms with E-state index in [9.17, 15) is 4.79 Å². The molecule has 114 valence electrons. The number of amides is 1. The molecule has 0 bridgehead atoms. The van der Waals surface area contributed by atoms with Crippen LogP contribution in [0.15, 0.2) is 48.7 Å². The molecule has 0 spiro atoms. The van der Waals surface area contributed by atoms with Crippen molar-refractivity contribution in [3.8, 4) is 0 Å². The van der Waals surface area contributed by atoms with Gasteiger partial charge in [-0.2, -0.15) is 0 Å². The predicted molar refractivity (Wildman–Crippen MR) is 86.7 cm³/mol. The van der Waals surface area contributed by atoms with Gasteiger partial charge in [0.05, 0.1) is 0 Å². The Hall–Kier alpha value is -2.40. The summed E-state index contributed by atoms with van der Waals surface area (Å²) in [5.41, 5.74) is 7.02. The normalized spacial score (nSPS) is 15.7. The second-order valence-corrected chi connectivity index (χ2v) is 5.51. The average molecular weight is 296 g/mol. The lowest BCUT2D eigenvalue weighted by Crippen LogP contribution is -2.46. The summed E-state index contributed by atoms with van der Waals surface area (Å²) in [4.78, 5) is 20.2. The maximum Gasteiger partial charge on any atom is 0.248 e. The Labute approximate surface area is 130 Å². The molecule has 0 unspecified atom stereocenters. The summed E-state index contributed by atoms with van der Waals surface area (Å²) in [7, 11) is 0. The van der Waals surface area contributed by atoms with Crippen LogP contribution in [0.5, 0.6) is 0 Å². The van der Waals surface area contributed by atoms with Gasteiger partial charge in [-0.25, -0.2) is 4.98 Å². The third-order valence-corrected chi connectivity index (χ3v) is 3.99. The van der Waals surface area contributed by atoms with Crippen LogP contribution in [0.25, 0.3) is 0 Å². The quantitative estimate of drug-likeness (QED) is 0.929. The first kappa shape index (κ1) is 14.5. The van der Waals surface area contributed by atoms with E-state index in [-0.39, 0.29) is 5.91 Å². The van der Waals surface area contributed by atoms with Crippen LogP contribution in [0.2, 0.25) is 0 Å². The Morgan fingerprint density at radius 2 is 1.77 bits per heavy atom. The molecule has 2 heterocycles. The van der Waals surface area contributed by atoms with Crippen molar-refractivity contribution < 1.29 is 4.79 Å². The summed E-state index contributed by atoms with van der Waals surface area (Å²) >= 11 is 0. The highest BCUT2D eigenvalue weighted by Gasteiger charge is 2.17. The topological polar surface area (TPSA) is 62.5 Å². The van der Waals surface area contributed by atoms with E-state index in [1.165, 1.54) is 5.56 Å². The molecule has 1 aromatic carbocycles. The summed E-state index contributed by atoms with van der Waals surface area (Å²) in [6, 6.07) is 13.6. The molecule has 2 N–H and O–H groups in total. The molecular weight excluding hydrogens is 276 g/mol. The third-order valence-electron chi connectivity index (χ3n) is 3.99. The van der Waals surface area contributed by atoms with Crippen molar-refractivity contribution in [2.75, 3.05) is 31.1 Å². The number of piperazine rings is 1. The summed E-state index contributed by atoms with van der Waals surface area (Å²) in [5.74, 6) is 0.670. The predicted octanol–water partition coefficient (Wildman–Crippen LogP) is 1.50. The summed E-state index contributed by atoms with van der Waals surface area (Å²) in [6.45, 7) is 4.88. The SMILES string of the molecule is NC(=O)c1ccc(CN2CCN(c3ccccn3)CC2)cc1. The molecule has 1 fully saturated rings. The largest absolute Gasteiger partial charge is 0.366 e. The molecule has 0 aliphatic carbocycles. The molecule has 0 atom stereocenters. The van der Waals surface area contributed by atoms with Crippen molar-refractivity contribution in [2.45, 2.75) is 6.54 Å². The van der Waals surface area contributed by atoms with Gasteiger partial charge >= 0.3 is 0 Å². The number of nitrogens with zero attached hydrogens (tertiary/aromatic N) is 3. The molecule has 0 radical (unpaired) electrons. The van der Waals surface area contributed by atoms with Gasteiger partial charge in [-0.3, -0.25) is 9.69 Å². The molecule has 1 aliphatic rings. The number of rotatable bonds is 4. The smallest absolute Gasteiger partial charge is 0.248 e. The number of pyridine rings is 1. The van der Waals surface area contributed by atoms with Gasteiger partial charge in [0.15, 0.2) is 0 Å². The Morgan fingerprint density at radius 1 is 1.05 bits per heavy atom. The van der Waals surface area contributed by atoms with Crippen LogP contribution in [0, 0.1) is 0 Å². The first-order valence-electron chi connectivity index (χ1n) is 7.49. The molecule has 5 heteroatoms. The van der Waals surface area contributed by atoms with Gasteiger partial charge in [0.2, 0.25) is 5.91 Å². The van der Waals surface area contributed by atoms with Crippen LogP contribution in [0.3, 0.4) is 0 Å². The van der Waals surface area contributed by atoms with E-state index in [0.717, 1.165) is 38.5 Å². The minimum Gasteiger partial charge on any atom is -0.366 e. The summed E-state index contributed by atoms with van der Waals surface area (Å²) in [6.07, 6.45) is 1.84. The van der Waals surface area contributed by atoms with Gasteiger partial charge in [-0.05, 0) is 29.8 Å². The Kier molecular flexibility index (Phi) is 4.34. The highest BCUT2D eigenvalue weighted by molar-refractivity contribution is 5.92. The molecule has 1 amide bonds. The van der Waals surface area contributed by atoms with Crippen molar-refractivity contribution in [2.24, 2.45) is 5.73 Å². The van der Waals surface area contributed by atoms with Crippen molar-refractivity contribution in [3.05, 3.63) is 59.8 Å². The zero-order valence-electron chi connectivity index (χ0n) is 12.5. The van der Waals surface area contributed by atoms with Gasteiger partial charge in [0.25, 0.3) is 0 Å². The molecule has 1 aromatic heterocycles. The Morgan fingerprint density at radius 3 is 2.36 bits per heavy atom. The zero-order valence-corrected chi connectivity index (χ0v) is 12.5. The third kappa shape index (κ3) is 3.43. The highest BCUT2D eigenvalue weighted by Crippen LogP contribution is 2.14. The minimum absolute atomic E-state index is 0.379. The molecule has 3 rings (SSSR count). The molecule has 1 aliphatic heterocycles. The Bertz CT molecular complexity index is 619. The van der Waals surface area contributed by atoms with Crippen molar-refractivity contribution in [1.82, 2.24) is 9.88 Å². The second-order valence-electron chi connectivity index (χ2n) is 5.51. The number of primary amides is 1. The fraction of sp³-hybridized carbons (Fsp3) is 0.294. The van der Waals surface area contributed by atoms with Crippen LogP contribution < -0.4 is 10.6 Å². The van der Waals surface area contributed by atoms with Gasteiger partial charge < -0.3 is 10.6 Å². The Balaban J connectivity index is 1.54. The molecular formula is C17H20N4O. The molecule has 5 nitrogen and oxygen atoms in total.